The first-order valence-corrected chi connectivity index (χ1v) is 8.30. The molecule has 2 aromatic rings. The number of carboxylic acid groups (broad SMARTS) is 4. The largest absolute Gasteiger partial charge is 0.478 e. The molecule has 0 atom stereocenters. The number of carbonyl (C=O) groups is 4. The highest BCUT2D eigenvalue weighted by molar-refractivity contribution is 6.53. The van der Waals surface area contributed by atoms with Crippen molar-refractivity contribution in [3.05, 3.63) is 66.6 Å². The molecule has 0 fully saturated rings. The standard InChI is InChI=1S/C8H2Cl4O4.C8H6O4/c9-3-1(7(13)14)2(8(15)16)4(10)6(12)5(3)11;9-7(10)5-1-2-6(4-3-5)8(11)12/h(H,13,14)(H,15,16);1-4H,(H,9,10)(H,11,12). The van der Waals surface area contributed by atoms with Crippen LogP contribution in [0.3, 0.4) is 0 Å². The summed E-state index contributed by atoms with van der Waals surface area (Å²) in [7, 11) is 0. The van der Waals surface area contributed by atoms with Gasteiger partial charge in [-0.15, -0.1) is 0 Å². The van der Waals surface area contributed by atoms with Gasteiger partial charge in [-0.2, -0.15) is 0 Å². The van der Waals surface area contributed by atoms with Gasteiger partial charge < -0.3 is 20.4 Å². The van der Waals surface area contributed by atoms with Crippen molar-refractivity contribution in [2.24, 2.45) is 0 Å². The summed E-state index contributed by atoms with van der Waals surface area (Å²) in [5.74, 6) is -5.23. The summed E-state index contributed by atoms with van der Waals surface area (Å²) >= 11 is 22.4. The molecule has 0 unspecified atom stereocenters. The number of hydrogen-bond donors (Lipinski definition) is 4. The second kappa shape index (κ2) is 9.61. The van der Waals surface area contributed by atoms with Crippen molar-refractivity contribution in [1.29, 1.82) is 0 Å². The van der Waals surface area contributed by atoms with Crippen LogP contribution in [0.25, 0.3) is 0 Å². The molecule has 28 heavy (non-hydrogen) atoms. The second-order valence-electron chi connectivity index (χ2n) is 4.80. The lowest BCUT2D eigenvalue weighted by Crippen LogP contribution is -2.10. The van der Waals surface area contributed by atoms with Crippen LogP contribution in [0.4, 0.5) is 0 Å². The smallest absolute Gasteiger partial charge is 0.338 e. The van der Waals surface area contributed by atoms with Crippen LogP contribution in [-0.4, -0.2) is 44.3 Å². The van der Waals surface area contributed by atoms with E-state index >= 15 is 0 Å². The molecule has 8 nitrogen and oxygen atoms in total. The summed E-state index contributed by atoms with van der Waals surface area (Å²) in [6.45, 7) is 0. The number of rotatable bonds is 4. The van der Waals surface area contributed by atoms with Gasteiger partial charge in [0.2, 0.25) is 0 Å². The van der Waals surface area contributed by atoms with Crippen LogP contribution in [0.2, 0.25) is 20.1 Å². The van der Waals surface area contributed by atoms with Gasteiger partial charge in [-0.25, -0.2) is 19.2 Å². The Labute approximate surface area is 176 Å². The first-order chi connectivity index (χ1) is 12.9. The molecule has 0 saturated carbocycles. The van der Waals surface area contributed by atoms with Crippen molar-refractivity contribution < 1.29 is 39.6 Å². The summed E-state index contributed by atoms with van der Waals surface area (Å²) in [6.07, 6.45) is 0. The van der Waals surface area contributed by atoms with Gasteiger partial charge in [-0.05, 0) is 24.3 Å². The zero-order chi connectivity index (χ0) is 21.8. The summed E-state index contributed by atoms with van der Waals surface area (Å²) < 4.78 is 0. The predicted molar refractivity (Wildman–Crippen MR) is 101 cm³/mol. The Kier molecular flexibility index (Phi) is 8.07. The summed E-state index contributed by atoms with van der Waals surface area (Å²) in [5.41, 5.74) is -1.21. The van der Waals surface area contributed by atoms with Crippen LogP contribution in [0, 0.1) is 0 Å². The van der Waals surface area contributed by atoms with Crippen molar-refractivity contribution in [1.82, 2.24) is 0 Å². The Morgan fingerprint density at radius 1 is 0.500 bits per heavy atom. The van der Waals surface area contributed by atoms with Gasteiger partial charge >= 0.3 is 23.9 Å². The topological polar surface area (TPSA) is 149 Å². The van der Waals surface area contributed by atoms with E-state index in [0.29, 0.717) is 0 Å². The Bertz CT molecular complexity index is 892. The van der Waals surface area contributed by atoms with E-state index < -0.39 is 45.0 Å². The lowest BCUT2D eigenvalue weighted by molar-refractivity contribution is 0.0652. The SMILES string of the molecule is O=C(O)c1c(Cl)c(Cl)c(Cl)c(Cl)c1C(=O)O.O=C(O)c1ccc(C(=O)O)cc1. The lowest BCUT2D eigenvalue weighted by Gasteiger charge is -2.10. The molecule has 2 aromatic carbocycles. The molecule has 12 heteroatoms. The number of aromatic carboxylic acids is 4. The van der Waals surface area contributed by atoms with Gasteiger partial charge in [0, 0.05) is 0 Å². The van der Waals surface area contributed by atoms with Gasteiger partial charge in [-0.3, -0.25) is 0 Å². The third-order valence-corrected chi connectivity index (χ3v) is 4.88. The van der Waals surface area contributed by atoms with E-state index in [2.05, 4.69) is 0 Å². The number of halogens is 4. The van der Waals surface area contributed by atoms with Gasteiger partial charge in [0.25, 0.3) is 0 Å². The minimum atomic E-state index is -1.55. The predicted octanol–water partition coefficient (Wildman–Crippen LogP) is 4.78. The molecular weight excluding hydrogens is 462 g/mol. The molecule has 4 N–H and O–H groups in total. The molecule has 148 valence electrons. The molecule has 0 aliphatic carbocycles. The lowest BCUT2D eigenvalue weighted by atomic mass is 10.1. The fraction of sp³-hybridized carbons (Fsp3) is 0. The van der Waals surface area contributed by atoms with Crippen molar-refractivity contribution in [3.63, 3.8) is 0 Å². The number of benzene rings is 2. The van der Waals surface area contributed by atoms with E-state index in [4.69, 9.17) is 66.8 Å². The fourth-order valence-corrected chi connectivity index (χ4v) is 2.80. The molecule has 0 saturated heterocycles. The fourth-order valence-electron chi connectivity index (χ4n) is 1.79. The van der Waals surface area contributed by atoms with Crippen LogP contribution < -0.4 is 0 Å². The van der Waals surface area contributed by atoms with E-state index in [0.717, 1.165) is 0 Å². The van der Waals surface area contributed by atoms with Crippen molar-refractivity contribution >= 4 is 70.3 Å². The number of carboxylic acids is 4. The Morgan fingerprint density at radius 2 is 0.750 bits per heavy atom. The van der Waals surface area contributed by atoms with Crippen LogP contribution in [0.1, 0.15) is 41.4 Å². The van der Waals surface area contributed by atoms with Gasteiger partial charge in [0.05, 0.1) is 42.3 Å². The second-order valence-corrected chi connectivity index (χ2v) is 6.32. The molecule has 0 aromatic heterocycles. The molecule has 0 bridgehead atoms. The molecule has 0 spiro atoms. The highest BCUT2D eigenvalue weighted by Crippen LogP contribution is 2.41. The third-order valence-electron chi connectivity index (χ3n) is 3.07. The Balaban J connectivity index is 0.000000292. The molecule has 0 aliphatic rings. The van der Waals surface area contributed by atoms with Crippen LogP contribution in [0.5, 0.6) is 0 Å². The first-order valence-electron chi connectivity index (χ1n) is 6.79. The van der Waals surface area contributed by atoms with Crippen LogP contribution in [0.15, 0.2) is 24.3 Å². The number of hydrogen-bond acceptors (Lipinski definition) is 4. The van der Waals surface area contributed by atoms with E-state index in [1.807, 2.05) is 0 Å². The molecule has 0 radical (unpaired) electrons. The van der Waals surface area contributed by atoms with E-state index in [1.165, 1.54) is 24.3 Å². The third kappa shape index (κ3) is 5.26. The molecule has 0 aliphatic heterocycles. The Morgan fingerprint density at radius 3 is 0.929 bits per heavy atom. The van der Waals surface area contributed by atoms with E-state index in [9.17, 15) is 19.2 Å². The van der Waals surface area contributed by atoms with Crippen LogP contribution in [-0.2, 0) is 0 Å². The monoisotopic (exact) mass is 468 g/mol. The summed E-state index contributed by atoms with van der Waals surface area (Å²) in [4.78, 5) is 42.4. The quantitative estimate of drug-likeness (QED) is 0.369. The van der Waals surface area contributed by atoms with Gasteiger partial charge in [-0.1, -0.05) is 46.4 Å². The molecule has 0 amide bonds. The first kappa shape index (κ1) is 23.5. The normalized spacial score (nSPS) is 9.86. The maximum Gasteiger partial charge on any atom is 0.338 e. The summed E-state index contributed by atoms with van der Waals surface area (Å²) in [5, 5.41) is 33.1. The van der Waals surface area contributed by atoms with Gasteiger partial charge in [0.1, 0.15) is 0 Å². The zero-order valence-corrected chi connectivity index (χ0v) is 16.3. The van der Waals surface area contributed by atoms with Crippen molar-refractivity contribution in [2.75, 3.05) is 0 Å². The minimum Gasteiger partial charge on any atom is -0.478 e. The van der Waals surface area contributed by atoms with Crippen LogP contribution >= 0.6 is 46.4 Å². The van der Waals surface area contributed by atoms with E-state index in [1.54, 1.807) is 0 Å². The highest BCUT2D eigenvalue weighted by atomic mass is 35.5. The average Bonchev–Trinajstić information content (AvgIpc) is 2.62. The maximum absolute atomic E-state index is 10.9. The molecule has 0 heterocycles. The Hall–Kier alpha value is -2.52. The van der Waals surface area contributed by atoms with Gasteiger partial charge in [0.15, 0.2) is 0 Å². The molecule has 2 rings (SSSR count). The minimum absolute atomic E-state index is 0.0833. The maximum atomic E-state index is 10.9. The zero-order valence-electron chi connectivity index (χ0n) is 13.2. The highest BCUT2D eigenvalue weighted by Gasteiger charge is 2.28. The van der Waals surface area contributed by atoms with Crippen molar-refractivity contribution in [2.45, 2.75) is 0 Å². The average molecular weight is 470 g/mol. The molecular formula is C16H8Cl4O8. The summed E-state index contributed by atoms with van der Waals surface area (Å²) in [6, 6.07) is 5.02. The van der Waals surface area contributed by atoms with E-state index in [-0.39, 0.29) is 21.2 Å². The van der Waals surface area contributed by atoms with Crippen molar-refractivity contribution in [3.8, 4) is 0 Å².